The van der Waals surface area contributed by atoms with Crippen molar-refractivity contribution in [1.29, 1.82) is 0 Å². The van der Waals surface area contributed by atoms with Crippen LogP contribution in [0.15, 0.2) is 46.9 Å². The van der Waals surface area contributed by atoms with Gasteiger partial charge in [-0.25, -0.2) is 0 Å². The van der Waals surface area contributed by atoms with Gasteiger partial charge >= 0.3 is 0 Å². The summed E-state index contributed by atoms with van der Waals surface area (Å²) in [6.45, 7) is 1.90. The van der Waals surface area contributed by atoms with Crippen LogP contribution in [0.5, 0.6) is 11.5 Å². The number of hydrogen-bond acceptors (Lipinski definition) is 4. The lowest BCUT2D eigenvalue weighted by Gasteiger charge is -2.38. The minimum absolute atomic E-state index is 0.149. The molecule has 144 valence electrons. The van der Waals surface area contributed by atoms with E-state index in [1.807, 2.05) is 12.1 Å². The fourth-order valence-electron chi connectivity index (χ4n) is 3.56. The summed E-state index contributed by atoms with van der Waals surface area (Å²) >= 11 is 3.56. The molecule has 0 aromatic heterocycles. The maximum atomic E-state index is 12.9. The summed E-state index contributed by atoms with van der Waals surface area (Å²) in [5, 5.41) is 3.11. The van der Waals surface area contributed by atoms with Gasteiger partial charge in [0.25, 0.3) is 5.91 Å². The highest BCUT2D eigenvalue weighted by Gasteiger charge is 2.35. The molecule has 0 aliphatic carbocycles. The lowest BCUT2D eigenvalue weighted by molar-refractivity contribution is 0.0486. The van der Waals surface area contributed by atoms with Crippen LogP contribution >= 0.6 is 15.9 Å². The van der Waals surface area contributed by atoms with Gasteiger partial charge in [-0.1, -0.05) is 34.1 Å². The zero-order chi connectivity index (χ0) is 19.3. The first-order valence-electron chi connectivity index (χ1n) is 8.92. The maximum Gasteiger partial charge on any atom is 0.255 e. The highest BCUT2D eigenvalue weighted by Crippen LogP contribution is 2.36. The molecule has 0 bridgehead atoms. The van der Waals surface area contributed by atoms with Crippen LogP contribution in [0.1, 0.15) is 28.8 Å². The van der Waals surface area contributed by atoms with Gasteiger partial charge in [0.1, 0.15) is 0 Å². The molecule has 1 heterocycles. The molecule has 27 heavy (non-hydrogen) atoms. The summed E-state index contributed by atoms with van der Waals surface area (Å²) in [4.78, 5) is 12.9. The Kier molecular flexibility index (Phi) is 6.39. The first-order chi connectivity index (χ1) is 13.1. The van der Waals surface area contributed by atoms with E-state index in [9.17, 15) is 4.79 Å². The Hall–Kier alpha value is -2.05. The van der Waals surface area contributed by atoms with Crippen LogP contribution in [0.4, 0.5) is 0 Å². The van der Waals surface area contributed by atoms with Gasteiger partial charge in [-0.3, -0.25) is 4.79 Å². The van der Waals surface area contributed by atoms with E-state index in [4.69, 9.17) is 14.2 Å². The van der Waals surface area contributed by atoms with E-state index in [1.165, 1.54) is 12.7 Å². The number of halogens is 1. The van der Waals surface area contributed by atoms with Crippen molar-refractivity contribution in [2.75, 3.05) is 34.0 Å². The average Bonchev–Trinajstić information content (AvgIpc) is 2.72. The highest BCUT2D eigenvalue weighted by atomic mass is 79.9. The van der Waals surface area contributed by atoms with Gasteiger partial charge in [0.2, 0.25) is 0 Å². The van der Waals surface area contributed by atoms with Crippen molar-refractivity contribution in [3.63, 3.8) is 0 Å². The molecule has 6 heteroatoms. The normalized spacial score (nSPS) is 15.8. The number of carbonyl (C=O) groups is 1. The highest BCUT2D eigenvalue weighted by molar-refractivity contribution is 9.10. The smallest absolute Gasteiger partial charge is 0.255 e. The Morgan fingerprint density at radius 3 is 2.56 bits per heavy atom. The summed E-state index contributed by atoms with van der Waals surface area (Å²) in [6, 6.07) is 13.6. The molecule has 0 atom stereocenters. The topological polar surface area (TPSA) is 56.8 Å². The lowest BCUT2D eigenvalue weighted by atomic mass is 9.74. The summed E-state index contributed by atoms with van der Waals surface area (Å²) < 4.78 is 17.3. The monoisotopic (exact) mass is 433 g/mol. The molecular weight excluding hydrogens is 410 g/mol. The van der Waals surface area contributed by atoms with E-state index in [-0.39, 0.29) is 11.3 Å². The molecule has 1 aliphatic rings. The predicted molar refractivity (Wildman–Crippen MR) is 108 cm³/mol. The zero-order valence-electron chi connectivity index (χ0n) is 15.6. The number of ether oxygens (including phenoxy) is 3. The Morgan fingerprint density at radius 2 is 1.89 bits per heavy atom. The predicted octanol–water partition coefficient (Wildman–Crippen LogP) is 3.94. The van der Waals surface area contributed by atoms with Gasteiger partial charge in [0.05, 0.1) is 19.8 Å². The van der Waals surface area contributed by atoms with Gasteiger partial charge in [0, 0.05) is 29.6 Å². The second-order valence-electron chi connectivity index (χ2n) is 6.63. The average molecular weight is 434 g/mol. The van der Waals surface area contributed by atoms with Crippen molar-refractivity contribution in [3.8, 4) is 11.5 Å². The second-order valence-corrected chi connectivity index (χ2v) is 7.54. The van der Waals surface area contributed by atoms with E-state index in [0.29, 0.717) is 36.8 Å². The molecule has 0 saturated carbocycles. The number of rotatable bonds is 6. The van der Waals surface area contributed by atoms with E-state index >= 15 is 0 Å². The van der Waals surface area contributed by atoms with Crippen LogP contribution in [0, 0.1) is 0 Å². The van der Waals surface area contributed by atoms with E-state index in [2.05, 4.69) is 33.4 Å². The molecule has 3 rings (SSSR count). The van der Waals surface area contributed by atoms with E-state index < -0.39 is 0 Å². The van der Waals surface area contributed by atoms with Gasteiger partial charge < -0.3 is 19.5 Å². The molecular formula is C21H24BrNO4. The first-order valence-corrected chi connectivity index (χ1v) is 9.72. The molecule has 2 aromatic rings. The van der Waals surface area contributed by atoms with Gasteiger partial charge in [-0.05, 0) is 42.7 Å². The van der Waals surface area contributed by atoms with Crippen molar-refractivity contribution in [2.24, 2.45) is 0 Å². The lowest BCUT2D eigenvalue weighted by Crippen LogP contribution is -2.44. The van der Waals surface area contributed by atoms with Crippen LogP contribution in [0.25, 0.3) is 0 Å². The van der Waals surface area contributed by atoms with Crippen LogP contribution < -0.4 is 14.8 Å². The van der Waals surface area contributed by atoms with Crippen molar-refractivity contribution in [2.45, 2.75) is 18.3 Å². The van der Waals surface area contributed by atoms with E-state index in [0.717, 1.165) is 17.3 Å². The molecule has 1 N–H and O–H groups in total. The summed E-state index contributed by atoms with van der Waals surface area (Å²) in [5.74, 6) is 0.811. The number of amides is 1. The van der Waals surface area contributed by atoms with Crippen molar-refractivity contribution >= 4 is 21.8 Å². The maximum absolute atomic E-state index is 12.9. The molecule has 1 fully saturated rings. The molecule has 5 nitrogen and oxygen atoms in total. The molecule has 1 amide bonds. The number of para-hydroxylation sites is 1. The largest absolute Gasteiger partial charge is 0.493 e. The fraction of sp³-hybridized carbons (Fsp3) is 0.381. The third-order valence-corrected chi connectivity index (χ3v) is 5.62. The number of methoxy groups -OCH3 is 2. The number of benzene rings is 2. The van der Waals surface area contributed by atoms with Gasteiger partial charge in [-0.2, -0.15) is 0 Å². The van der Waals surface area contributed by atoms with Crippen LogP contribution in [0.2, 0.25) is 0 Å². The zero-order valence-corrected chi connectivity index (χ0v) is 17.2. The summed E-state index contributed by atoms with van der Waals surface area (Å²) in [7, 11) is 3.10. The number of carbonyl (C=O) groups excluding carboxylic acids is 1. The Balaban J connectivity index is 1.83. The summed E-state index contributed by atoms with van der Waals surface area (Å²) in [6.07, 6.45) is 1.72. The minimum Gasteiger partial charge on any atom is -0.493 e. The SMILES string of the molecule is COc1cccc(C(=O)NCC2(c3cccc(Br)c3)CCOCC2)c1OC. The van der Waals surface area contributed by atoms with Crippen molar-refractivity contribution in [1.82, 2.24) is 5.32 Å². The molecule has 0 unspecified atom stereocenters. The molecule has 1 aliphatic heterocycles. The van der Waals surface area contributed by atoms with Gasteiger partial charge in [-0.15, -0.1) is 0 Å². The molecule has 1 saturated heterocycles. The number of nitrogens with one attached hydrogen (secondary N) is 1. The van der Waals surface area contributed by atoms with Gasteiger partial charge in [0.15, 0.2) is 11.5 Å². The van der Waals surface area contributed by atoms with E-state index in [1.54, 1.807) is 25.3 Å². The second kappa shape index (κ2) is 8.76. The third-order valence-electron chi connectivity index (χ3n) is 5.12. The van der Waals surface area contributed by atoms with Crippen molar-refractivity contribution < 1.29 is 19.0 Å². The Labute approximate surface area is 168 Å². The van der Waals surface area contributed by atoms with Crippen molar-refractivity contribution in [3.05, 3.63) is 58.1 Å². The molecule has 0 spiro atoms. The third kappa shape index (κ3) is 4.28. The molecule has 2 aromatic carbocycles. The van der Waals surface area contributed by atoms with Crippen LogP contribution in [-0.2, 0) is 10.2 Å². The number of hydrogen-bond donors (Lipinski definition) is 1. The Bertz CT molecular complexity index is 803. The minimum atomic E-state index is -0.174. The Morgan fingerprint density at radius 1 is 1.15 bits per heavy atom. The van der Waals surface area contributed by atoms with Crippen LogP contribution in [-0.4, -0.2) is 39.9 Å². The quantitative estimate of drug-likeness (QED) is 0.749. The standard InChI is InChI=1S/C21H24BrNO4/c1-25-18-8-4-7-17(19(18)26-2)20(24)23-14-21(9-11-27-12-10-21)15-5-3-6-16(22)13-15/h3-8,13H,9-12,14H2,1-2H3,(H,23,24). The molecule has 0 radical (unpaired) electrons. The van der Waals surface area contributed by atoms with Crippen LogP contribution in [0.3, 0.4) is 0 Å². The summed E-state index contributed by atoms with van der Waals surface area (Å²) in [5.41, 5.74) is 1.52. The first kappa shape index (κ1) is 19.7. The fourth-order valence-corrected chi connectivity index (χ4v) is 3.96.